The number of halogens is 1. The van der Waals surface area contributed by atoms with Crippen LogP contribution in [-0.4, -0.2) is 35.0 Å². The first-order valence-corrected chi connectivity index (χ1v) is 8.48. The second kappa shape index (κ2) is 8.17. The topological polar surface area (TPSA) is 66.5 Å². The Labute approximate surface area is 144 Å². The Morgan fingerprint density at radius 2 is 2.00 bits per heavy atom. The molecule has 1 fully saturated rings. The van der Waals surface area contributed by atoms with E-state index >= 15 is 0 Å². The lowest BCUT2D eigenvalue weighted by Crippen LogP contribution is -2.37. The quantitative estimate of drug-likeness (QED) is 0.798. The van der Waals surface area contributed by atoms with Gasteiger partial charge < -0.3 is 5.32 Å². The van der Waals surface area contributed by atoms with Crippen molar-refractivity contribution in [2.24, 2.45) is 0 Å². The maximum Gasteiger partial charge on any atom is 0.293 e. The molecule has 1 heterocycles. The average Bonchev–Trinajstić information content (AvgIpc) is 2.77. The van der Waals surface area contributed by atoms with Crippen molar-refractivity contribution in [1.29, 1.82) is 0 Å². The van der Waals surface area contributed by atoms with Crippen molar-refractivity contribution < 1.29 is 14.4 Å². The number of nitrogens with one attached hydrogen (secondary N) is 1. The summed E-state index contributed by atoms with van der Waals surface area (Å²) in [5, 5.41) is 2.98. The van der Waals surface area contributed by atoms with E-state index in [4.69, 9.17) is 11.6 Å². The molecule has 0 spiro atoms. The third-order valence-corrected chi connectivity index (χ3v) is 4.34. The average molecular weight is 353 g/mol. The minimum Gasteiger partial charge on any atom is -0.354 e. The third-order valence-electron chi connectivity index (χ3n) is 3.18. The number of amides is 3. The Bertz CT molecular complexity index is 643. The van der Waals surface area contributed by atoms with E-state index < -0.39 is 0 Å². The zero-order valence-corrected chi connectivity index (χ0v) is 14.2. The Balaban J connectivity index is 1.96. The molecule has 23 heavy (non-hydrogen) atoms. The highest BCUT2D eigenvalue weighted by Gasteiger charge is 2.34. The third kappa shape index (κ3) is 4.84. The monoisotopic (exact) mass is 352 g/mol. The predicted octanol–water partition coefficient (Wildman–Crippen LogP) is 3.29. The van der Waals surface area contributed by atoms with Crippen molar-refractivity contribution in [3.05, 3.63) is 39.8 Å². The van der Waals surface area contributed by atoms with Crippen molar-refractivity contribution in [1.82, 2.24) is 10.2 Å². The van der Waals surface area contributed by atoms with Crippen molar-refractivity contribution in [2.45, 2.75) is 19.8 Å². The number of rotatable bonds is 6. The van der Waals surface area contributed by atoms with Gasteiger partial charge in [-0.1, -0.05) is 30.7 Å². The van der Waals surface area contributed by atoms with Crippen molar-refractivity contribution in [3.8, 4) is 0 Å². The van der Waals surface area contributed by atoms with Gasteiger partial charge in [0.15, 0.2) is 0 Å². The molecule has 1 aliphatic heterocycles. The number of carbonyl (C=O) groups excluding carboxylic acids is 3. The normalized spacial score (nSPS) is 16.3. The number of hydrogen-bond acceptors (Lipinski definition) is 4. The van der Waals surface area contributed by atoms with Gasteiger partial charge in [-0.3, -0.25) is 19.3 Å². The predicted molar refractivity (Wildman–Crippen MR) is 92.0 cm³/mol. The highest BCUT2D eigenvalue weighted by atomic mass is 35.5. The van der Waals surface area contributed by atoms with Gasteiger partial charge in [0.25, 0.3) is 11.1 Å². The second-order valence-electron chi connectivity index (χ2n) is 4.98. The summed E-state index contributed by atoms with van der Waals surface area (Å²) in [6.07, 6.45) is 2.87. The first-order valence-electron chi connectivity index (χ1n) is 7.29. The zero-order chi connectivity index (χ0) is 16.8. The second-order valence-corrected chi connectivity index (χ2v) is 6.41. The summed E-state index contributed by atoms with van der Waals surface area (Å²) < 4.78 is 0. The minimum atomic E-state index is -0.334. The smallest absolute Gasteiger partial charge is 0.293 e. The largest absolute Gasteiger partial charge is 0.354 e. The van der Waals surface area contributed by atoms with E-state index in [-0.39, 0.29) is 30.1 Å². The van der Waals surface area contributed by atoms with Gasteiger partial charge in [0.05, 0.1) is 4.91 Å². The molecular weight excluding hydrogens is 336 g/mol. The van der Waals surface area contributed by atoms with E-state index in [1.165, 1.54) is 0 Å². The summed E-state index contributed by atoms with van der Waals surface area (Å²) in [5.41, 5.74) is 0.802. The molecule has 3 amide bonds. The molecule has 1 aliphatic rings. The van der Waals surface area contributed by atoms with Crippen LogP contribution in [0.4, 0.5) is 4.79 Å². The van der Waals surface area contributed by atoms with E-state index in [2.05, 4.69) is 5.32 Å². The molecular formula is C16H17ClN2O3S. The molecule has 0 aromatic heterocycles. The lowest BCUT2D eigenvalue weighted by molar-refractivity contribution is -0.124. The molecule has 2 rings (SSSR count). The molecule has 0 atom stereocenters. The first kappa shape index (κ1) is 17.6. The van der Waals surface area contributed by atoms with E-state index in [1.807, 2.05) is 6.92 Å². The number of thioether (sulfide) groups is 1. The van der Waals surface area contributed by atoms with Crippen LogP contribution in [0.25, 0.3) is 6.08 Å². The van der Waals surface area contributed by atoms with Crippen LogP contribution in [-0.2, 0) is 9.59 Å². The number of hydrogen-bond donors (Lipinski definition) is 1. The fourth-order valence-corrected chi connectivity index (χ4v) is 3.02. The van der Waals surface area contributed by atoms with Gasteiger partial charge in [-0.05, 0) is 42.0 Å². The molecule has 0 radical (unpaired) electrons. The van der Waals surface area contributed by atoms with Crippen LogP contribution in [0.2, 0.25) is 5.02 Å². The van der Waals surface area contributed by atoms with Gasteiger partial charge in [-0.15, -0.1) is 0 Å². The van der Waals surface area contributed by atoms with E-state index in [0.717, 1.165) is 28.6 Å². The Morgan fingerprint density at radius 1 is 1.30 bits per heavy atom. The number of benzene rings is 1. The molecule has 1 N–H and O–H groups in total. The summed E-state index contributed by atoms with van der Waals surface area (Å²) in [7, 11) is 0. The van der Waals surface area contributed by atoms with Crippen LogP contribution in [0.5, 0.6) is 0 Å². The van der Waals surface area contributed by atoms with Gasteiger partial charge in [0.2, 0.25) is 5.91 Å². The summed E-state index contributed by atoms with van der Waals surface area (Å²) in [4.78, 5) is 37.1. The van der Waals surface area contributed by atoms with Crippen LogP contribution in [0.1, 0.15) is 25.3 Å². The molecule has 0 aliphatic carbocycles. The highest BCUT2D eigenvalue weighted by Crippen LogP contribution is 2.32. The van der Waals surface area contributed by atoms with Crippen LogP contribution in [0.15, 0.2) is 29.2 Å². The highest BCUT2D eigenvalue weighted by molar-refractivity contribution is 8.18. The summed E-state index contributed by atoms with van der Waals surface area (Å²) in [5.74, 6) is -0.407. The maximum atomic E-state index is 12.3. The van der Waals surface area contributed by atoms with Gasteiger partial charge in [0, 0.05) is 24.5 Å². The molecule has 122 valence electrons. The molecule has 7 heteroatoms. The number of nitrogens with zero attached hydrogens (tertiary/aromatic N) is 1. The Morgan fingerprint density at radius 3 is 2.65 bits per heavy atom. The van der Waals surface area contributed by atoms with Gasteiger partial charge in [-0.25, -0.2) is 0 Å². The van der Waals surface area contributed by atoms with Gasteiger partial charge >= 0.3 is 0 Å². The van der Waals surface area contributed by atoms with Crippen molar-refractivity contribution >= 4 is 46.5 Å². The molecule has 0 unspecified atom stereocenters. The molecule has 0 bridgehead atoms. The number of imide groups is 1. The van der Waals surface area contributed by atoms with Crippen molar-refractivity contribution in [2.75, 3.05) is 13.1 Å². The van der Waals surface area contributed by atoms with E-state index in [0.29, 0.717) is 16.3 Å². The van der Waals surface area contributed by atoms with Crippen LogP contribution in [0, 0.1) is 0 Å². The Hall–Kier alpha value is -1.79. The van der Waals surface area contributed by atoms with Crippen molar-refractivity contribution in [3.63, 3.8) is 0 Å². The van der Waals surface area contributed by atoms with E-state index in [9.17, 15) is 14.4 Å². The molecule has 1 aromatic rings. The SMILES string of the molecule is CCCC(=O)NCCN1C(=O)S/C(=C\c2ccc(Cl)cc2)C1=O. The Kier molecular flexibility index (Phi) is 6.24. The lowest BCUT2D eigenvalue weighted by Gasteiger charge is -2.12. The molecule has 1 saturated heterocycles. The standard InChI is InChI=1S/C16H17ClN2O3S/c1-2-3-14(20)18-8-9-19-15(21)13(23-16(19)22)10-11-4-6-12(17)7-5-11/h4-7,10H,2-3,8-9H2,1H3,(H,18,20)/b13-10-. The first-order chi connectivity index (χ1) is 11.0. The molecule has 1 aromatic carbocycles. The molecule has 0 saturated carbocycles. The number of carbonyl (C=O) groups is 3. The van der Waals surface area contributed by atoms with Crippen LogP contribution >= 0.6 is 23.4 Å². The summed E-state index contributed by atoms with van der Waals surface area (Å²) in [6.45, 7) is 2.36. The fourth-order valence-electron chi connectivity index (χ4n) is 2.03. The fraction of sp³-hybridized carbons (Fsp3) is 0.312. The summed E-state index contributed by atoms with van der Waals surface area (Å²) in [6, 6.07) is 7.00. The molecule has 5 nitrogen and oxygen atoms in total. The van der Waals surface area contributed by atoms with Gasteiger partial charge in [0.1, 0.15) is 0 Å². The summed E-state index contributed by atoms with van der Waals surface area (Å²) >= 11 is 6.72. The van der Waals surface area contributed by atoms with Gasteiger partial charge in [-0.2, -0.15) is 0 Å². The van der Waals surface area contributed by atoms with Crippen LogP contribution in [0.3, 0.4) is 0 Å². The minimum absolute atomic E-state index is 0.0730. The zero-order valence-electron chi connectivity index (χ0n) is 12.7. The maximum absolute atomic E-state index is 12.3. The lowest BCUT2D eigenvalue weighted by atomic mass is 10.2. The van der Waals surface area contributed by atoms with Crippen LogP contribution < -0.4 is 5.32 Å². The van der Waals surface area contributed by atoms with E-state index in [1.54, 1.807) is 30.3 Å².